The summed E-state index contributed by atoms with van der Waals surface area (Å²) in [5.74, 6) is 0.795. The molecule has 2 aromatic rings. The van der Waals surface area contributed by atoms with E-state index < -0.39 is 0 Å². The van der Waals surface area contributed by atoms with E-state index in [0.717, 1.165) is 22.5 Å². The van der Waals surface area contributed by atoms with Gasteiger partial charge in [0.2, 0.25) is 3.83 Å². The van der Waals surface area contributed by atoms with E-state index in [1.165, 1.54) is 6.07 Å². The number of benzene rings is 1. The summed E-state index contributed by atoms with van der Waals surface area (Å²) in [6, 6.07) is 6.89. The van der Waals surface area contributed by atoms with E-state index in [2.05, 4.69) is 32.7 Å². The van der Waals surface area contributed by atoms with E-state index >= 15 is 0 Å². The summed E-state index contributed by atoms with van der Waals surface area (Å²) < 4.78 is 16.3. The van der Waals surface area contributed by atoms with Gasteiger partial charge in [-0.2, -0.15) is 0 Å². The standard InChI is InChI=1S/C11H9FIN3/c12-8-4-2-1-3-7(8)9-5-6-10-14-11(13)15-16(9)10/h1-4,9H,5-6H2. The summed E-state index contributed by atoms with van der Waals surface area (Å²) in [4.78, 5) is 4.31. The van der Waals surface area contributed by atoms with Crippen LogP contribution in [0.3, 0.4) is 0 Å². The smallest absolute Gasteiger partial charge is 0.211 e. The molecular formula is C11H9FIN3. The van der Waals surface area contributed by atoms with Gasteiger partial charge in [-0.15, -0.1) is 5.10 Å². The van der Waals surface area contributed by atoms with Gasteiger partial charge < -0.3 is 0 Å². The van der Waals surface area contributed by atoms with E-state index in [9.17, 15) is 4.39 Å². The molecular weight excluding hydrogens is 320 g/mol. The molecule has 1 unspecified atom stereocenters. The number of hydrogen-bond acceptors (Lipinski definition) is 2. The summed E-state index contributed by atoms with van der Waals surface area (Å²) in [5, 5.41) is 4.32. The van der Waals surface area contributed by atoms with E-state index in [1.807, 2.05) is 16.8 Å². The van der Waals surface area contributed by atoms with Crippen LogP contribution in [0, 0.1) is 9.65 Å². The Hall–Kier alpha value is -0.980. The first-order valence-electron chi connectivity index (χ1n) is 5.11. The fraction of sp³-hybridized carbons (Fsp3) is 0.273. The molecule has 0 saturated carbocycles. The molecule has 0 amide bonds. The molecule has 2 heterocycles. The number of nitrogens with zero attached hydrogens (tertiary/aromatic N) is 3. The molecule has 0 bridgehead atoms. The Labute approximate surface area is 106 Å². The van der Waals surface area contributed by atoms with Gasteiger partial charge in [0, 0.05) is 34.6 Å². The van der Waals surface area contributed by atoms with Gasteiger partial charge >= 0.3 is 0 Å². The SMILES string of the molecule is Fc1ccccc1C1CCc2nc(I)nn21. The van der Waals surface area contributed by atoms with Crippen LogP contribution in [0.2, 0.25) is 0 Å². The zero-order valence-corrected chi connectivity index (χ0v) is 10.6. The van der Waals surface area contributed by atoms with Gasteiger partial charge in [-0.25, -0.2) is 14.1 Å². The molecule has 3 rings (SSSR count). The third kappa shape index (κ3) is 1.53. The molecule has 0 radical (unpaired) electrons. The lowest BCUT2D eigenvalue weighted by molar-refractivity contribution is 0.511. The molecule has 1 atom stereocenters. The number of halogens is 2. The molecule has 1 aromatic heterocycles. The Bertz CT molecular complexity index is 538. The first-order valence-corrected chi connectivity index (χ1v) is 6.19. The van der Waals surface area contributed by atoms with Crippen molar-refractivity contribution in [3.63, 3.8) is 0 Å². The van der Waals surface area contributed by atoms with Crippen molar-refractivity contribution in [2.45, 2.75) is 18.9 Å². The molecule has 5 heteroatoms. The summed E-state index contributed by atoms with van der Waals surface area (Å²) in [5.41, 5.74) is 0.711. The van der Waals surface area contributed by atoms with Crippen LogP contribution in [0.1, 0.15) is 23.9 Å². The number of hydrogen-bond donors (Lipinski definition) is 0. The zero-order chi connectivity index (χ0) is 11.1. The Kier molecular flexibility index (Phi) is 2.42. The summed E-state index contributed by atoms with van der Waals surface area (Å²) in [7, 11) is 0. The van der Waals surface area contributed by atoms with Crippen LogP contribution < -0.4 is 0 Å². The predicted molar refractivity (Wildman–Crippen MR) is 65.6 cm³/mol. The van der Waals surface area contributed by atoms with Gasteiger partial charge in [0.15, 0.2) is 0 Å². The minimum atomic E-state index is -0.161. The highest BCUT2D eigenvalue weighted by molar-refractivity contribution is 14.1. The monoisotopic (exact) mass is 329 g/mol. The van der Waals surface area contributed by atoms with Gasteiger partial charge in [0.25, 0.3) is 0 Å². The topological polar surface area (TPSA) is 30.7 Å². The van der Waals surface area contributed by atoms with Crippen LogP contribution >= 0.6 is 22.6 Å². The van der Waals surface area contributed by atoms with Gasteiger partial charge in [-0.05, 0) is 12.5 Å². The summed E-state index contributed by atoms with van der Waals surface area (Å²) in [6.45, 7) is 0. The maximum atomic E-state index is 13.7. The molecule has 1 aromatic carbocycles. The fourth-order valence-corrected chi connectivity index (χ4v) is 2.68. The Morgan fingerprint density at radius 1 is 1.38 bits per heavy atom. The van der Waals surface area contributed by atoms with Crippen molar-refractivity contribution in [3.05, 3.63) is 45.3 Å². The number of rotatable bonds is 1. The van der Waals surface area contributed by atoms with Crippen molar-refractivity contribution >= 4 is 22.6 Å². The molecule has 0 fully saturated rings. The maximum absolute atomic E-state index is 13.7. The highest BCUT2D eigenvalue weighted by Gasteiger charge is 2.28. The lowest BCUT2D eigenvalue weighted by Crippen LogP contribution is -2.09. The highest BCUT2D eigenvalue weighted by Crippen LogP contribution is 2.31. The lowest BCUT2D eigenvalue weighted by Gasteiger charge is -2.12. The van der Waals surface area contributed by atoms with Crippen LogP contribution in [0.25, 0.3) is 0 Å². The molecule has 0 aliphatic carbocycles. The normalized spacial score (nSPS) is 18.8. The number of fused-ring (bicyclic) bond motifs is 1. The Morgan fingerprint density at radius 2 is 2.19 bits per heavy atom. The summed E-state index contributed by atoms with van der Waals surface area (Å²) >= 11 is 2.08. The molecule has 0 N–H and O–H groups in total. The Morgan fingerprint density at radius 3 is 3.00 bits per heavy atom. The van der Waals surface area contributed by atoms with E-state index in [-0.39, 0.29) is 11.9 Å². The van der Waals surface area contributed by atoms with Crippen LogP contribution in [-0.4, -0.2) is 14.8 Å². The first-order chi connectivity index (χ1) is 7.75. The van der Waals surface area contributed by atoms with Crippen molar-refractivity contribution in [2.24, 2.45) is 0 Å². The third-order valence-electron chi connectivity index (χ3n) is 2.88. The van der Waals surface area contributed by atoms with E-state index in [0.29, 0.717) is 5.56 Å². The van der Waals surface area contributed by atoms with Crippen molar-refractivity contribution < 1.29 is 4.39 Å². The van der Waals surface area contributed by atoms with Crippen molar-refractivity contribution in [3.8, 4) is 0 Å². The zero-order valence-electron chi connectivity index (χ0n) is 8.40. The second kappa shape index (κ2) is 3.80. The third-order valence-corrected chi connectivity index (χ3v) is 3.33. The molecule has 1 aliphatic rings. The second-order valence-corrected chi connectivity index (χ2v) is 4.78. The average molecular weight is 329 g/mol. The van der Waals surface area contributed by atoms with Gasteiger partial charge in [-0.3, -0.25) is 0 Å². The average Bonchev–Trinajstić information content (AvgIpc) is 2.78. The lowest BCUT2D eigenvalue weighted by atomic mass is 10.0. The highest BCUT2D eigenvalue weighted by atomic mass is 127. The molecule has 3 nitrogen and oxygen atoms in total. The minimum Gasteiger partial charge on any atom is -0.241 e. The molecule has 16 heavy (non-hydrogen) atoms. The molecule has 0 saturated heterocycles. The number of aromatic nitrogens is 3. The second-order valence-electron chi connectivity index (χ2n) is 3.82. The predicted octanol–water partition coefficient (Wildman–Crippen LogP) is 2.56. The van der Waals surface area contributed by atoms with E-state index in [4.69, 9.17) is 0 Å². The van der Waals surface area contributed by atoms with Gasteiger partial charge in [0.05, 0.1) is 6.04 Å². The van der Waals surface area contributed by atoms with Crippen molar-refractivity contribution in [1.82, 2.24) is 14.8 Å². The fourth-order valence-electron chi connectivity index (χ4n) is 2.17. The van der Waals surface area contributed by atoms with Gasteiger partial charge in [-0.1, -0.05) is 18.2 Å². The quantitative estimate of drug-likeness (QED) is 0.753. The first kappa shape index (κ1) is 10.2. The number of aryl methyl sites for hydroxylation is 1. The molecule has 1 aliphatic heterocycles. The maximum Gasteiger partial charge on any atom is 0.211 e. The van der Waals surface area contributed by atoms with Crippen molar-refractivity contribution in [2.75, 3.05) is 0 Å². The van der Waals surface area contributed by atoms with Gasteiger partial charge in [0.1, 0.15) is 11.6 Å². The van der Waals surface area contributed by atoms with Crippen LogP contribution in [0.5, 0.6) is 0 Å². The Balaban J connectivity index is 2.07. The van der Waals surface area contributed by atoms with Crippen LogP contribution in [0.15, 0.2) is 24.3 Å². The van der Waals surface area contributed by atoms with Crippen molar-refractivity contribution in [1.29, 1.82) is 0 Å². The molecule has 0 spiro atoms. The minimum absolute atomic E-state index is 0.00668. The molecule has 82 valence electrons. The van der Waals surface area contributed by atoms with E-state index in [1.54, 1.807) is 6.07 Å². The van der Waals surface area contributed by atoms with Crippen LogP contribution in [-0.2, 0) is 6.42 Å². The van der Waals surface area contributed by atoms with Crippen LogP contribution in [0.4, 0.5) is 4.39 Å². The summed E-state index contributed by atoms with van der Waals surface area (Å²) in [6.07, 6.45) is 1.75. The largest absolute Gasteiger partial charge is 0.241 e.